The number of ether oxygens (including phenoxy) is 4. The number of amides is 1. The van der Waals surface area contributed by atoms with Gasteiger partial charge in [-0.25, -0.2) is 4.79 Å². The molecule has 2 aliphatic carbocycles. The molecule has 0 saturated heterocycles. The van der Waals surface area contributed by atoms with Gasteiger partial charge in [-0.05, 0) is 79.0 Å². The number of nitro benzene ring substituents is 1. The maximum Gasteiger partial charge on any atom is 0.410 e. The summed E-state index contributed by atoms with van der Waals surface area (Å²) >= 11 is 5.97. The fourth-order valence-corrected chi connectivity index (χ4v) is 8.55. The van der Waals surface area contributed by atoms with Crippen molar-refractivity contribution < 1.29 is 53.9 Å². The van der Waals surface area contributed by atoms with Crippen LogP contribution in [0.1, 0.15) is 62.0 Å². The van der Waals surface area contributed by atoms with Gasteiger partial charge in [0.1, 0.15) is 30.8 Å². The summed E-state index contributed by atoms with van der Waals surface area (Å²) in [5.74, 6) is -2.01. The Morgan fingerprint density at radius 2 is 1.81 bits per heavy atom. The summed E-state index contributed by atoms with van der Waals surface area (Å²) in [6.45, 7) is 3.90. The van der Waals surface area contributed by atoms with Gasteiger partial charge in [0.25, 0.3) is 5.69 Å². The molecule has 15 nitrogen and oxygen atoms in total. The minimum absolute atomic E-state index is 0.000952. The Balaban J connectivity index is 1.72. The third kappa shape index (κ3) is 10.4. The largest absolute Gasteiger partial charge is 0.508 e. The van der Waals surface area contributed by atoms with Gasteiger partial charge in [0, 0.05) is 49.8 Å². The first-order chi connectivity index (χ1) is 27.7. The van der Waals surface area contributed by atoms with E-state index in [9.17, 15) is 35.3 Å². The zero-order valence-electron chi connectivity index (χ0n) is 32.1. The Labute approximate surface area is 337 Å². The van der Waals surface area contributed by atoms with E-state index >= 15 is 0 Å². The van der Waals surface area contributed by atoms with Crippen molar-refractivity contribution in [3.8, 4) is 11.5 Å². The first kappa shape index (κ1) is 43.9. The van der Waals surface area contributed by atoms with Crippen molar-refractivity contribution in [3.63, 3.8) is 0 Å². The second-order valence-corrected chi connectivity index (χ2v) is 14.7. The predicted octanol–water partition coefficient (Wildman–Crippen LogP) is 5.82. The van der Waals surface area contributed by atoms with Crippen LogP contribution in [0.4, 0.5) is 10.5 Å². The molecule has 312 valence electrons. The quantitative estimate of drug-likeness (QED) is 0.0345. The standard InChI is InChI=1S/C41H54ClN3O12/c1-2-20-55-41-37(44(16-22-53-23-19-48)40(50)54-21-15-42)26-35(43-56-27-28-9-11-30(12-10-28)45(51)52)33-24-29(7-3-5-17-46)32(8-4-6-18-47)38(39(33)41)34-25-31(49)13-14-36(34)57-41/h2,9-14,24-25,29,32,37-39,46-49H,1,3-8,15-23,26-27H2/t29-,32+,37-,38+,39+,41+/m0/s1. The fourth-order valence-electron chi connectivity index (χ4n) is 8.47. The van der Waals surface area contributed by atoms with Crippen LogP contribution < -0.4 is 4.74 Å². The number of aromatic hydroxyl groups is 1. The number of aliphatic hydroxyl groups excluding tert-OH is 3. The van der Waals surface area contributed by atoms with E-state index in [0.29, 0.717) is 36.3 Å². The number of carbonyl (C=O) groups is 1. The molecule has 1 heterocycles. The molecule has 1 amide bonds. The summed E-state index contributed by atoms with van der Waals surface area (Å²) in [6, 6.07) is 10.0. The lowest BCUT2D eigenvalue weighted by atomic mass is 9.55. The first-order valence-electron chi connectivity index (χ1n) is 19.5. The molecular formula is C41H54ClN3O12. The van der Waals surface area contributed by atoms with Gasteiger partial charge in [-0.1, -0.05) is 30.1 Å². The molecule has 1 saturated carbocycles. The van der Waals surface area contributed by atoms with Gasteiger partial charge in [0.15, 0.2) is 0 Å². The fraction of sp³-hybridized carbons (Fsp3) is 0.561. The molecule has 4 N–H and O–H groups in total. The van der Waals surface area contributed by atoms with Crippen LogP contribution in [-0.4, -0.2) is 113 Å². The zero-order valence-corrected chi connectivity index (χ0v) is 32.8. The molecule has 0 aromatic heterocycles. The van der Waals surface area contributed by atoms with E-state index in [4.69, 9.17) is 40.5 Å². The molecule has 16 heteroatoms. The second-order valence-electron chi connectivity index (χ2n) is 14.3. The van der Waals surface area contributed by atoms with E-state index < -0.39 is 28.8 Å². The number of halogens is 1. The van der Waals surface area contributed by atoms with Crippen molar-refractivity contribution in [3.05, 3.63) is 88.0 Å². The number of carbonyl (C=O) groups excluding carboxylic acids is 1. The van der Waals surface area contributed by atoms with Gasteiger partial charge in [0.2, 0.25) is 5.79 Å². The van der Waals surface area contributed by atoms with Crippen molar-refractivity contribution in [2.75, 3.05) is 58.7 Å². The minimum Gasteiger partial charge on any atom is -0.508 e. The number of hydrogen-bond acceptors (Lipinski definition) is 13. The molecule has 6 atom stereocenters. The highest BCUT2D eigenvalue weighted by Crippen LogP contribution is 2.61. The van der Waals surface area contributed by atoms with Crippen molar-refractivity contribution in [1.82, 2.24) is 4.90 Å². The summed E-state index contributed by atoms with van der Waals surface area (Å²) in [7, 11) is 0. The summed E-state index contributed by atoms with van der Waals surface area (Å²) in [5.41, 5.74) is 2.67. The highest BCUT2D eigenvalue weighted by molar-refractivity contribution is 6.18. The molecule has 1 aliphatic heterocycles. The third-order valence-electron chi connectivity index (χ3n) is 10.8. The lowest BCUT2D eigenvalue weighted by Gasteiger charge is -2.59. The average molecular weight is 816 g/mol. The highest BCUT2D eigenvalue weighted by Gasteiger charge is 2.65. The maximum atomic E-state index is 14.1. The Hall–Kier alpha value is -4.25. The number of hydrogen-bond donors (Lipinski definition) is 4. The van der Waals surface area contributed by atoms with Gasteiger partial charge >= 0.3 is 6.09 Å². The second kappa shape index (κ2) is 21.5. The normalized spacial score (nSPS) is 24.1. The smallest absolute Gasteiger partial charge is 0.410 e. The Kier molecular flexibility index (Phi) is 16.5. The van der Waals surface area contributed by atoms with Crippen molar-refractivity contribution in [2.24, 2.45) is 22.9 Å². The van der Waals surface area contributed by atoms with Crippen LogP contribution in [0.3, 0.4) is 0 Å². The number of alkyl halides is 1. The lowest BCUT2D eigenvalue weighted by molar-refractivity contribution is -0.384. The minimum atomic E-state index is -1.56. The van der Waals surface area contributed by atoms with E-state index in [0.717, 1.165) is 30.4 Å². The van der Waals surface area contributed by atoms with Crippen LogP contribution in [0, 0.1) is 27.9 Å². The number of phenols is 1. The molecule has 5 rings (SSSR count). The number of allylic oxidation sites excluding steroid dienone is 1. The molecular weight excluding hydrogens is 762 g/mol. The Bertz CT molecular complexity index is 1710. The third-order valence-corrected chi connectivity index (χ3v) is 11.0. The van der Waals surface area contributed by atoms with Crippen LogP contribution in [0.25, 0.3) is 0 Å². The monoisotopic (exact) mass is 815 g/mol. The molecule has 0 radical (unpaired) electrons. The van der Waals surface area contributed by atoms with Crippen LogP contribution in [-0.2, 0) is 25.7 Å². The SMILES string of the molecule is C=CCO[C@@]12Oc3ccc(O)cc3[C@H]3[C@H](CCCCO)[C@@H](CCCCO)C=C(C(=NOCc4ccc([N+](=O)[O-])cc4)C[C@@H]1N(CCOCCO)C(=O)OCCCl)[C@H]32. The summed E-state index contributed by atoms with van der Waals surface area (Å²) in [4.78, 5) is 32.4. The molecule has 2 aromatic carbocycles. The number of fused-ring (bicyclic) bond motifs is 2. The van der Waals surface area contributed by atoms with Crippen LogP contribution in [0.15, 0.2) is 71.9 Å². The number of phenolic OH excluding ortho intramolecular Hbond substituents is 1. The average Bonchev–Trinajstić information content (AvgIpc) is 3.21. The van der Waals surface area contributed by atoms with Crippen LogP contribution >= 0.6 is 11.6 Å². The zero-order chi connectivity index (χ0) is 40.8. The maximum absolute atomic E-state index is 14.1. The van der Waals surface area contributed by atoms with E-state index in [1.54, 1.807) is 36.4 Å². The number of nitrogens with zero attached hydrogens (tertiary/aromatic N) is 3. The van der Waals surface area contributed by atoms with Gasteiger partial charge in [-0.3, -0.25) is 15.0 Å². The highest BCUT2D eigenvalue weighted by atomic mass is 35.5. The van der Waals surface area contributed by atoms with Gasteiger partial charge in [-0.15, -0.1) is 18.2 Å². The number of benzene rings is 2. The summed E-state index contributed by atoms with van der Waals surface area (Å²) in [5, 5.41) is 55.9. The number of rotatable bonds is 23. The van der Waals surface area contributed by atoms with Gasteiger partial charge in [-0.2, -0.15) is 0 Å². The van der Waals surface area contributed by atoms with Crippen molar-refractivity contribution >= 4 is 29.1 Å². The first-order valence-corrected chi connectivity index (χ1v) is 20.1. The van der Waals surface area contributed by atoms with Crippen LogP contribution in [0.5, 0.6) is 11.5 Å². The van der Waals surface area contributed by atoms with Crippen LogP contribution in [0.2, 0.25) is 0 Å². The molecule has 1 fully saturated rings. The summed E-state index contributed by atoms with van der Waals surface area (Å²) < 4.78 is 25.2. The topological polar surface area (TPSA) is 203 Å². The van der Waals surface area contributed by atoms with Gasteiger partial charge in [0.05, 0.1) is 48.9 Å². The van der Waals surface area contributed by atoms with E-state index in [-0.39, 0.29) is 101 Å². The van der Waals surface area contributed by atoms with E-state index in [2.05, 4.69) is 12.7 Å². The summed E-state index contributed by atoms with van der Waals surface area (Å²) in [6.07, 6.45) is 7.32. The van der Waals surface area contributed by atoms with Crippen molar-refractivity contribution in [1.29, 1.82) is 0 Å². The molecule has 57 heavy (non-hydrogen) atoms. The van der Waals surface area contributed by atoms with Crippen molar-refractivity contribution in [2.45, 2.75) is 69.3 Å². The molecule has 3 aliphatic rings. The number of oxime groups is 1. The van der Waals surface area contributed by atoms with E-state index in [1.807, 2.05) is 0 Å². The molecule has 0 spiro atoms. The molecule has 0 unspecified atom stereocenters. The predicted molar refractivity (Wildman–Crippen MR) is 211 cm³/mol. The number of aliphatic hydroxyl groups is 3. The Morgan fingerprint density at radius 3 is 2.49 bits per heavy atom. The number of non-ortho nitro benzene ring substituents is 1. The number of unbranched alkanes of at least 4 members (excludes halogenated alkanes) is 2. The molecule has 0 bridgehead atoms. The van der Waals surface area contributed by atoms with E-state index in [1.165, 1.54) is 17.0 Å². The Morgan fingerprint density at radius 1 is 1.05 bits per heavy atom. The lowest BCUT2D eigenvalue weighted by Crippen LogP contribution is -2.70. The number of nitro groups is 1. The molecule has 2 aromatic rings. The van der Waals surface area contributed by atoms with Gasteiger partial charge < -0.3 is 44.2 Å².